The Morgan fingerprint density at radius 2 is 2.27 bits per heavy atom. The number of halogens is 2. The topological polar surface area (TPSA) is 86.5 Å². The third kappa shape index (κ3) is 4.71. The molecule has 30 heavy (non-hydrogen) atoms. The van der Waals surface area contributed by atoms with E-state index in [1.165, 1.54) is 12.4 Å². The summed E-state index contributed by atoms with van der Waals surface area (Å²) in [6.07, 6.45) is 4.70. The van der Waals surface area contributed by atoms with E-state index >= 15 is 0 Å². The summed E-state index contributed by atoms with van der Waals surface area (Å²) in [7, 11) is 3.34. The zero-order valence-electron chi connectivity index (χ0n) is 17.0. The summed E-state index contributed by atoms with van der Waals surface area (Å²) in [5.41, 5.74) is 1.84. The number of aliphatic carboxylic acids is 1. The largest absolute Gasteiger partial charge is 0.501 e. The number of rotatable bonds is 6. The molecule has 0 aromatic heterocycles. The van der Waals surface area contributed by atoms with Gasteiger partial charge in [-0.1, -0.05) is 17.7 Å². The van der Waals surface area contributed by atoms with Gasteiger partial charge in [-0.2, -0.15) is 0 Å². The van der Waals surface area contributed by atoms with Crippen LogP contribution in [0.25, 0.3) is 0 Å². The molecule has 3 rings (SSSR count). The lowest BCUT2D eigenvalue weighted by Gasteiger charge is -2.23. The van der Waals surface area contributed by atoms with E-state index in [4.69, 9.17) is 16.3 Å². The summed E-state index contributed by atoms with van der Waals surface area (Å²) in [6, 6.07) is 3.88. The zero-order chi connectivity index (χ0) is 21.8. The van der Waals surface area contributed by atoms with Crippen molar-refractivity contribution in [2.24, 2.45) is 9.98 Å². The summed E-state index contributed by atoms with van der Waals surface area (Å²) in [5.74, 6) is -0.220. The van der Waals surface area contributed by atoms with E-state index in [1.54, 1.807) is 38.1 Å². The van der Waals surface area contributed by atoms with Gasteiger partial charge in [0, 0.05) is 24.1 Å². The average molecular weight is 435 g/mol. The molecule has 1 aliphatic carbocycles. The lowest BCUT2D eigenvalue weighted by Crippen LogP contribution is -2.37. The number of amidine groups is 1. The molecule has 1 heterocycles. The summed E-state index contributed by atoms with van der Waals surface area (Å²) in [4.78, 5) is 21.8. The number of nitrogens with zero attached hydrogens (tertiary/aromatic N) is 3. The van der Waals surface area contributed by atoms with Gasteiger partial charge in [-0.15, -0.1) is 0 Å². The Kier molecular flexibility index (Phi) is 6.89. The van der Waals surface area contributed by atoms with E-state index in [0.717, 1.165) is 16.9 Å². The number of carbonyl (C=O) groups is 1. The second kappa shape index (κ2) is 9.40. The number of methoxy groups -OCH3 is 1. The Labute approximate surface area is 179 Å². The van der Waals surface area contributed by atoms with Gasteiger partial charge in [0.1, 0.15) is 24.0 Å². The minimum atomic E-state index is -0.904. The van der Waals surface area contributed by atoms with Crippen LogP contribution in [0.1, 0.15) is 19.8 Å². The van der Waals surface area contributed by atoms with Gasteiger partial charge in [0.15, 0.2) is 5.82 Å². The normalized spacial score (nSPS) is 19.6. The highest BCUT2D eigenvalue weighted by Gasteiger charge is 2.28. The number of benzene rings is 1. The minimum Gasteiger partial charge on any atom is -0.501 e. The highest BCUT2D eigenvalue weighted by molar-refractivity contribution is 6.31. The lowest BCUT2D eigenvalue weighted by molar-refractivity contribution is -0.141. The summed E-state index contributed by atoms with van der Waals surface area (Å²) in [6.45, 7) is 2.00. The van der Waals surface area contributed by atoms with E-state index in [-0.39, 0.29) is 16.8 Å². The number of likely N-dealkylation sites (N-methyl/N-ethyl adjacent to an activating group) is 1. The highest BCUT2D eigenvalue weighted by atomic mass is 35.5. The molecule has 2 atom stereocenters. The molecule has 9 heteroatoms. The molecule has 1 aromatic rings. The third-order valence-electron chi connectivity index (χ3n) is 5.29. The third-order valence-corrected chi connectivity index (χ3v) is 5.58. The van der Waals surface area contributed by atoms with Crippen LogP contribution in [0.3, 0.4) is 0 Å². The van der Waals surface area contributed by atoms with Gasteiger partial charge >= 0.3 is 5.97 Å². The van der Waals surface area contributed by atoms with Crippen LogP contribution in [0.5, 0.6) is 0 Å². The predicted octanol–water partition coefficient (Wildman–Crippen LogP) is 3.73. The highest BCUT2D eigenvalue weighted by Crippen LogP contribution is 2.30. The number of hydrogen-bond acceptors (Lipinski definition) is 6. The fourth-order valence-electron chi connectivity index (χ4n) is 3.37. The molecule has 0 bridgehead atoms. The van der Waals surface area contributed by atoms with Gasteiger partial charge in [-0.05, 0) is 38.6 Å². The first-order chi connectivity index (χ1) is 14.3. The molecule has 1 aromatic carbocycles. The number of aliphatic imine (C=N–C) groups is 2. The van der Waals surface area contributed by atoms with Crippen molar-refractivity contribution in [1.82, 2.24) is 4.90 Å². The quantitative estimate of drug-likeness (QED) is 0.712. The fourth-order valence-corrected chi connectivity index (χ4v) is 3.54. The standard InChI is InChI=1S/C21H24ClFN4O3/c1-12(21(28)29)27(2)10-13-9-14-16(7-8-18(13)30-3)24-11-25-20(14)26-17-6-4-5-15(22)19(17)23/h4-6,9,11-12,16H,7-8,10H2,1-3H3,(H,28,29)(H,24,25,26)/t12-,16?/m1/s1. The fraction of sp³-hybridized carbons (Fsp3) is 0.381. The molecule has 160 valence electrons. The van der Waals surface area contributed by atoms with E-state index in [1.807, 2.05) is 6.08 Å². The smallest absolute Gasteiger partial charge is 0.320 e. The second-order valence-corrected chi connectivity index (χ2v) is 7.61. The molecule has 0 fully saturated rings. The Morgan fingerprint density at radius 3 is 2.97 bits per heavy atom. The predicted molar refractivity (Wildman–Crippen MR) is 116 cm³/mol. The molecule has 2 N–H and O–H groups in total. The van der Waals surface area contributed by atoms with Crippen molar-refractivity contribution in [3.8, 4) is 0 Å². The van der Waals surface area contributed by atoms with Crippen molar-refractivity contribution < 1.29 is 19.0 Å². The molecule has 0 spiro atoms. The molecule has 7 nitrogen and oxygen atoms in total. The first kappa shape index (κ1) is 22.0. The van der Waals surface area contributed by atoms with E-state index in [2.05, 4.69) is 15.3 Å². The molecule has 0 saturated heterocycles. The maximum Gasteiger partial charge on any atom is 0.320 e. The number of fused-ring (bicyclic) bond motifs is 1. The van der Waals surface area contributed by atoms with Crippen molar-refractivity contribution in [3.05, 3.63) is 52.0 Å². The number of ether oxygens (including phenoxy) is 1. The molecule has 1 aliphatic heterocycles. The maximum absolute atomic E-state index is 14.4. The SMILES string of the molecule is COC1=C(CN(C)[C@H](C)C(=O)O)C=C2C(Nc3cccc(Cl)c3F)=NC=NC2CC1. The van der Waals surface area contributed by atoms with E-state index < -0.39 is 17.8 Å². The number of anilines is 1. The Morgan fingerprint density at radius 1 is 1.50 bits per heavy atom. The van der Waals surface area contributed by atoms with Gasteiger partial charge in [0.05, 0.1) is 23.9 Å². The van der Waals surface area contributed by atoms with Crippen molar-refractivity contribution in [2.45, 2.75) is 31.8 Å². The molecule has 0 saturated carbocycles. The molecule has 2 aliphatic rings. The number of carboxylic acid groups (broad SMARTS) is 1. The minimum absolute atomic E-state index is 0.0167. The number of carboxylic acids is 1. The summed E-state index contributed by atoms with van der Waals surface area (Å²) < 4.78 is 20.0. The van der Waals surface area contributed by atoms with Gasteiger partial charge in [0.2, 0.25) is 0 Å². The summed E-state index contributed by atoms with van der Waals surface area (Å²) in [5, 5.41) is 12.3. The zero-order valence-corrected chi connectivity index (χ0v) is 17.8. The van der Waals surface area contributed by atoms with Gasteiger partial charge < -0.3 is 15.2 Å². The molecule has 1 unspecified atom stereocenters. The van der Waals surface area contributed by atoms with Crippen molar-refractivity contribution >= 4 is 35.4 Å². The molecular weight excluding hydrogens is 411 g/mol. The first-order valence-corrected chi connectivity index (χ1v) is 9.91. The van der Waals surface area contributed by atoms with Crippen LogP contribution in [-0.4, -0.2) is 60.9 Å². The van der Waals surface area contributed by atoms with Crippen LogP contribution in [0.4, 0.5) is 10.1 Å². The van der Waals surface area contributed by atoms with Gasteiger partial charge in [0.25, 0.3) is 0 Å². The molecular formula is C21H24ClFN4O3. The van der Waals surface area contributed by atoms with E-state index in [0.29, 0.717) is 25.2 Å². The molecule has 0 radical (unpaired) electrons. The van der Waals surface area contributed by atoms with Crippen LogP contribution in [0.2, 0.25) is 5.02 Å². The van der Waals surface area contributed by atoms with Crippen LogP contribution < -0.4 is 5.32 Å². The van der Waals surface area contributed by atoms with Crippen molar-refractivity contribution in [3.63, 3.8) is 0 Å². The Bertz CT molecular complexity index is 958. The van der Waals surface area contributed by atoms with Gasteiger partial charge in [-0.3, -0.25) is 14.7 Å². The number of allylic oxidation sites excluding steroid dienone is 1. The van der Waals surface area contributed by atoms with Crippen LogP contribution in [0, 0.1) is 5.82 Å². The second-order valence-electron chi connectivity index (χ2n) is 7.20. The van der Waals surface area contributed by atoms with Crippen LogP contribution >= 0.6 is 11.6 Å². The first-order valence-electron chi connectivity index (χ1n) is 9.53. The monoisotopic (exact) mass is 434 g/mol. The Hall–Kier alpha value is -2.71. The van der Waals surface area contributed by atoms with Crippen LogP contribution in [-0.2, 0) is 9.53 Å². The molecule has 0 amide bonds. The average Bonchev–Trinajstić information content (AvgIpc) is 2.90. The summed E-state index contributed by atoms with van der Waals surface area (Å²) >= 11 is 5.90. The van der Waals surface area contributed by atoms with Gasteiger partial charge in [-0.25, -0.2) is 9.38 Å². The van der Waals surface area contributed by atoms with E-state index in [9.17, 15) is 14.3 Å². The number of hydrogen-bond donors (Lipinski definition) is 2. The maximum atomic E-state index is 14.4. The Balaban J connectivity index is 1.94. The lowest BCUT2D eigenvalue weighted by atomic mass is 10.0. The van der Waals surface area contributed by atoms with Crippen molar-refractivity contribution in [2.75, 3.05) is 26.0 Å². The van der Waals surface area contributed by atoms with Crippen molar-refractivity contribution in [1.29, 1.82) is 0 Å². The number of nitrogens with one attached hydrogen (secondary N) is 1. The van der Waals surface area contributed by atoms with Crippen LogP contribution in [0.15, 0.2) is 51.2 Å².